The van der Waals surface area contributed by atoms with Crippen molar-refractivity contribution in [2.45, 2.75) is 20.8 Å². The van der Waals surface area contributed by atoms with Crippen LogP contribution < -0.4 is 5.32 Å². The van der Waals surface area contributed by atoms with E-state index in [1.807, 2.05) is 26.8 Å². The molecule has 0 aliphatic carbocycles. The first-order valence-corrected chi connectivity index (χ1v) is 5.80. The van der Waals surface area contributed by atoms with Gasteiger partial charge in [0.05, 0.1) is 23.7 Å². The number of amidine groups is 1. The molecular weight excluding hydrogens is 230 g/mol. The van der Waals surface area contributed by atoms with Crippen molar-refractivity contribution in [2.24, 2.45) is 21.4 Å². The molecule has 0 aromatic heterocycles. The number of amides is 1. The van der Waals surface area contributed by atoms with Crippen LogP contribution >= 0.6 is 0 Å². The SMILES string of the molecule is CC(C)C(C)(C#N)C1=CCN=C2C(=O)NC=NN12. The summed E-state index contributed by atoms with van der Waals surface area (Å²) in [6, 6.07) is 2.32. The predicted octanol–water partition coefficient (Wildman–Crippen LogP) is 0.843. The van der Waals surface area contributed by atoms with Crippen molar-refractivity contribution in [3.8, 4) is 6.07 Å². The second kappa shape index (κ2) is 4.26. The van der Waals surface area contributed by atoms with Crippen LogP contribution in [0.4, 0.5) is 0 Å². The van der Waals surface area contributed by atoms with Gasteiger partial charge in [-0.25, -0.2) is 5.01 Å². The van der Waals surface area contributed by atoms with Crippen LogP contribution in [-0.2, 0) is 4.79 Å². The lowest BCUT2D eigenvalue weighted by Crippen LogP contribution is -2.49. The number of carbonyl (C=O) groups excluding carboxylic acids is 1. The van der Waals surface area contributed by atoms with Crippen LogP contribution in [0.15, 0.2) is 21.9 Å². The molecule has 0 spiro atoms. The fourth-order valence-corrected chi connectivity index (χ4v) is 1.89. The summed E-state index contributed by atoms with van der Waals surface area (Å²) < 4.78 is 0. The number of allylic oxidation sites excluding steroid dienone is 1. The van der Waals surface area contributed by atoms with Crippen molar-refractivity contribution in [1.29, 1.82) is 5.26 Å². The number of fused-ring (bicyclic) bond motifs is 1. The zero-order valence-electron chi connectivity index (χ0n) is 10.6. The van der Waals surface area contributed by atoms with Crippen molar-refractivity contribution in [2.75, 3.05) is 6.54 Å². The Balaban J connectivity index is 2.45. The third-order valence-electron chi connectivity index (χ3n) is 3.45. The highest BCUT2D eigenvalue weighted by molar-refractivity contribution is 6.40. The predicted molar refractivity (Wildman–Crippen MR) is 67.4 cm³/mol. The highest BCUT2D eigenvalue weighted by Crippen LogP contribution is 2.38. The van der Waals surface area contributed by atoms with Crippen LogP contribution in [0.1, 0.15) is 20.8 Å². The van der Waals surface area contributed by atoms with Crippen LogP contribution in [0.3, 0.4) is 0 Å². The van der Waals surface area contributed by atoms with E-state index in [2.05, 4.69) is 21.5 Å². The van der Waals surface area contributed by atoms with Gasteiger partial charge in [0.1, 0.15) is 6.34 Å². The van der Waals surface area contributed by atoms with E-state index in [0.717, 1.165) is 5.70 Å². The van der Waals surface area contributed by atoms with E-state index in [0.29, 0.717) is 6.54 Å². The van der Waals surface area contributed by atoms with Gasteiger partial charge in [-0.3, -0.25) is 9.79 Å². The molecule has 6 nitrogen and oxygen atoms in total. The highest BCUT2D eigenvalue weighted by Gasteiger charge is 2.40. The Morgan fingerprint density at radius 2 is 2.33 bits per heavy atom. The second-order valence-corrected chi connectivity index (χ2v) is 4.75. The third kappa shape index (κ3) is 1.68. The standard InChI is InChI=1S/C12H15N5O/c1-8(2)12(3,6-13)9-4-5-14-10-11(18)15-7-16-17(9)10/h4,7-8H,5H2,1-3H3,(H,15,16,18). The number of hydrazone groups is 1. The van der Waals surface area contributed by atoms with Gasteiger partial charge in [0.15, 0.2) is 0 Å². The van der Waals surface area contributed by atoms with Gasteiger partial charge in [-0.15, -0.1) is 0 Å². The average Bonchev–Trinajstić information content (AvgIpc) is 2.37. The molecule has 2 rings (SSSR count). The minimum Gasteiger partial charge on any atom is -0.308 e. The first-order valence-electron chi connectivity index (χ1n) is 5.80. The molecule has 0 aromatic rings. The summed E-state index contributed by atoms with van der Waals surface area (Å²) in [4.78, 5) is 15.8. The van der Waals surface area contributed by atoms with Gasteiger partial charge < -0.3 is 5.32 Å². The Hall–Kier alpha value is -2.16. The molecule has 0 fully saturated rings. The topological polar surface area (TPSA) is 80.8 Å². The van der Waals surface area contributed by atoms with Crippen LogP contribution in [-0.4, -0.2) is 29.6 Å². The molecule has 1 amide bonds. The van der Waals surface area contributed by atoms with E-state index >= 15 is 0 Å². The molecule has 1 unspecified atom stereocenters. The monoisotopic (exact) mass is 245 g/mol. The molecule has 0 aromatic carbocycles. The number of rotatable bonds is 2. The first-order chi connectivity index (χ1) is 8.50. The van der Waals surface area contributed by atoms with Gasteiger partial charge >= 0.3 is 0 Å². The summed E-state index contributed by atoms with van der Waals surface area (Å²) in [6.45, 7) is 6.20. The molecule has 2 heterocycles. The lowest BCUT2D eigenvalue weighted by Gasteiger charge is -2.37. The minimum atomic E-state index is -0.698. The van der Waals surface area contributed by atoms with Gasteiger partial charge in [-0.2, -0.15) is 10.4 Å². The van der Waals surface area contributed by atoms with E-state index in [1.54, 1.807) is 0 Å². The quantitative estimate of drug-likeness (QED) is 0.782. The van der Waals surface area contributed by atoms with Gasteiger partial charge in [-0.05, 0) is 18.9 Å². The average molecular weight is 245 g/mol. The Morgan fingerprint density at radius 3 is 2.94 bits per heavy atom. The van der Waals surface area contributed by atoms with Gasteiger partial charge in [0, 0.05) is 0 Å². The molecular formula is C12H15N5O. The number of nitriles is 1. The second-order valence-electron chi connectivity index (χ2n) is 4.75. The lowest BCUT2D eigenvalue weighted by molar-refractivity contribution is -0.114. The molecule has 0 bridgehead atoms. The summed E-state index contributed by atoms with van der Waals surface area (Å²) in [5.41, 5.74) is 0.0203. The van der Waals surface area contributed by atoms with Gasteiger partial charge in [-0.1, -0.05) is 13.8 Å². The van der Waals surface area contributed by atoms with Gasteiger partial charge in [0.2, 0.25) is 5.84 Å². The number of hydrogen-bond donors (Lipinski definition) is 1. The first kappa shape index (κ1) is 12.3. The molecule has 0 saturated heterocycles. The Kier molecular flexibility index (Phi) is 2.91. The van der Waals surface area contributed by atoms with E-state index in [-0.39, 0.29) is 17.7 Å². The maximum atomic E-state index is 11.7. The summed E-state index contributed by atoms with van der Waals surface area (Å²) in [6.07, 6.45) is 3.17. The van der Waals surface area contributed by atoms with Crippen molar-refractivity contribution in [1.82, 2.24) is 10.3 Å². The summed E-state index contributed by atoms with van der Waals surface area (Å²) >= 11 is 0. The third-order valence-corrected chi connectivity index (χ3v) is 3.45. The molecule has 2 aliphatic heterocycles. The fourth-order valence-electron chi connectivity index (χ4n) is 1.89. The van der Waals surface area contributed by atoms with Crippen molar-refractivity contribution >= 4 is 18.1 Å². The summed E-state index contributed by atoms with van der Waals surface area (Å²) in [5.74, 6) is 0.0602. The van der Waals surface area contributed by atoms with E-state index in [4.69, 9.17) is 0 Å². The molecule has 0 radical (unpaired) electrons. The van der Waals surface area contributed by atoms with Crippen molar-refractivity contribution < 1.29 is 4.79 Å². The number of nitrogens with one attached hydrogen (secondary N) is 1. The summed E-state index contributed by atoms with van der Waals surface area (Å²) in [5, 5.41) is 17.5. The van der Waals surface area contributed by atoms with Gasteiger partial charge in [0.25, 0.3) is 5.91 Å². The van der Waals surface area contributed by atoms with E-state index in [9.17, 15) is 10.1 Å². The molecule has 6 heteroatoms. The molecule has 18 heavy (non-hydrogen) atoms. The van der Waals surface area contributed by atoms with Crippen LogP contribution in [0.25, 0.3) is 0 Å². The number of aliphatic imine (C=N–C) groups is 1. The van der Waals surface area contributed by atoms with E-state index < -0.39 is 5.41 Å². The van der Waals surface area contributed by atoms with Crippen molar-refractivity contribution in [3.63, 3.8) is 0 Å². The lowest BCUT2D eigenvalue weighted by atomic mass is 9.76. The normalized spacial score (nSPS) is 21.5. The van der Waals surface area contributed by atoms with Crippen LogP contribution in [0.2, 0.25) is 0 Å². The Labute approximate surface area is 106 Å². The summed E-state index contributed by atoms with van der Waals surface area (Å²) in [7, 11) is 0. The minimum absolute atomic E-state index is 0.105. The zero-order valence-corrected chi connectivity index (χ0v) is 10.6. The number of nitrogens with zero attached hydrogens (tertiary/aromatic N) is 4. The maximum Gasteiger partial charge on any atom is 0.293 e. The Bertz CT molecular complexity index is 511. The fraction of sp³-hybridized carbons (Fsp3) is 0.500. The smallest absolute Gasteiger partial charge is 0.293 e. The molecule has 0 saturated carbocycles. The van der Waals surface area contributed by atoms with Crippen LogP contribution in [0, 0.1) is 22.7 Å². The van der Waals surface area contributed by atoms with Crippen LogP contribution in [0.5, 0.6) is 0 Å². The van der Waals surface area contributed by atoms with Crippen molar-refractivity contribution in [3.05, 3.63) is 11.8 Å². The maximum absolute atomic E-state index is 11.7. The Morgan fingerprint density at radius 1 is 1.61 bits per heavy atom. The number of hydrogen-bond acceptors (Lipinski definition) is 5. The largest absolute Gasteiger partial charge is 0.308 e. The molecule has 1 atom stereocenters. The highest BCUT2D eigenvalue weighted by atomic mass is 16.2. The molecule has 1 N–H and O–H groups in total. The number of carbonyl (C=O) groups is 1. The molecule has 94 valence electrons. The molecule has 2 aliphatic rings. The van der Waals surface area contributed by atoms with E-state index in [1.165, 1.54) is 11.3 Å². The zero-order chi connectivity index (χ0) is 13.3.